The Bertz CT molecular complexity index is 709. The number of hydrogen-bond donors (Lipinski definition) is 4. The summed E-state index contributed by atoms with van der Waals surface area (Å²) in [6.07, 6.45) is 8.08. The van der Waals surface area contributed by atoms with Crippen molar-refractivity contribution in [2.75, 3.05) is 26.0 Å². The highest BCUT2D eigenvalue weighted by Gasteiger charge is 2.38. The molecule has 1 aromatic carbocycles. The third-order valence-corrected chi connectivity index (χ3v) is 3.34. The van der Waals surface area contributed by atoms with Crippen molar-refractivity contribution in [3.63, 3.8) is 0 Å². The number of terminal acetylenes is 1. The predicted octanol–water partition coefficient (Wildman–Crippen LogP) is 2.96. The van der Waals surface area contributed by atoms with Crippen molar-refractivity contribution in [2.24, 2.45) is 0 Å². The third-order valence-electron chi connectivity index (χ3n) is 3.34. The van der Waals surface area contributed by atoms with Crippen LogP contribution in [0.2, 0.25) is 0 Å². The van der Waals surface area contributed by atoms with Gasteiger partial charge in [-0.3, -0.25) is 9.59 Å². The largest absolute Gasteiger partial charge is 0.505 e. The number of nitrogens with one attached hydrogen (secondary N) is 2. The molecule has 0 aromatic heterocycles. The molecule has 7 heteroatoms. The molecule has 4 N–H and O–H groups in total. The van der Waals surface area contributed by atoms with Gasteiger partial charge >= 0.3 is 0 Å². The second-order valence-corrected chi connectivity index (χ2v) is 5.82. The van der Waals surface area contributed by atoms with E-state index in [1.54, 1.807) is 26.2 Å². The van der Waals surface area contributed by atoms with Crippen molar-refractivity contribution < 1.29 is 19.8 Å². The number of aliphatic hydroxyl groups is 1. The molecule has 0 bridgehead atoms. The number of ketones is 1. The van der Waals surface area contributed by atoms with E-state index in [1.165, 1.54) is 17.4 Å². The molecule has 0 saturated heterocycles. The Kier molecular flexibility index (Phi) is 14.6. The third kappa shape index (κ3) is 7.51. The molecule has 1 aliphatic carbocycles. The Morgan fingerprint density at radius 2 is 1.69 bits per heavy atom. The normalized spacial score (nSPS) is 13.9. The summed E-state index contributed by atoms with van der Waals surface area (Å²) in [6.45, 7) is 10.6. The summed E-state index contributed by atoms with van der Waals surface area (Å²) in [6, 6.07) is 4.65. The number of hydrogen-bond acceptors (Lipinski definition) is 6. The minimum atomic E-state index is -1.17. The van der Waals surface area contributed by atoms with Gasteiger partial charge in [-0.25, -0.2) is 0 Å². The van der Waals surface area contributed by atoms with E-state index in [0.29, 0.717) is 12.2 Å². The average Bonchev–Trinajstić information content (AvgIpc) is 2.74. The standard InChI is InChI=1S/C15H19N3O4.C3H8.C2H6.C2H2/c1-4-16-10-11(14(21)13(10)20)17-9-7-5-6-8(12(9)19)15(22)18(2)3;1-3-2;2*1-2/h5-7,13,16-17,19-20H,4H2,1-3H3;3H2,1-2H3;1-2H3;1-2H. The fourth-order valence-electron chi connectivity index (χ4n) is 2.16. The SMILES string of the molecule is C#C.CC.CCC.CCNC1=C(Nc2cccc(C(=O)N(C)C)c2O)C(=O)C1O. The van der Waals surface area contributed by atoms with Crippen LogP contribution in [0.1, 0.15) is 51.4 Å². The zero-order valence-electron chi connectivity index (χ0n) is 18.5. The average molecular weight is 406 g/mol. The second kappa shape index (κ2) is 15.0. The lowest BCUT2D eigenvalue weighted by molar-refractivity contribution is -0.124. The molecule has 7 nitrogen and oxygen atoms in total. The van der Waals surface area contributed by atoms with Crippen molar-refractivity contribution in [1.29, 1.82) is 0 Å². The number of anilines is 1. The molecule has 0 fully saturated rings. The number of aromatic hydroxyl groups is 1. The molecular formula is C22H35N3O4. The van der Waals surface area contributed by atoms with Gasteiger partial charge in [-0.1, -0.05) is 40.2 Å². The number of carbonyl (C=O) groups is 2. The van der Waals surface area contributed by atoms with Gasteiger partial charge in [-0.15, -0.1) is 12.8 Å². The summed E-state index contributed by atoms with van der Waals surface area (Å²) in [7, 11) is 3.17. The molecule has 1 aliphatic rings. The maximum atomic E-state index is 12.0. The zero-order chi connectivity index (χ0) is 23.1. The number of phenolic OH excluding ortho intramolecular Hbond substituents is 1. The molecule has 162 valence electrons. The lowest BCUT2D eigenvalue weighted by atomic mass is 9.94. The van der Waals surface area contributed by atoms with Crippen LogP contribution in [0.25, 0.3) is 0 Å². The number of nitrogens with zero attached hydrogens (tertiary/aromatic N) is 1. The Labute approximate surface area is 174 Å². The number of benzene rings is 1. The quantitative estimate of drug-likeness (QED) is 0.444. The Morgan fingerprint density at radius 1 is 1.17 bits per heavy atom. The molecule has 0 saturated carbocycles. The van der Waals surface area contributed by atoms with Crippen LogP contribution in [0.5, 0.6) is 5.75 Å². The van der Waals surface area contributed by atoms with E-state index in [0.717, 1.165) is 0 Å². The van der Waals surface area contributed by atoms with E-state index < -0.39 is 11.9 Å². The minimum absolute atomic E-state index is 0.132. The summed E-state index contributed by atoms with van der Waals surface area (Å²) in [5.41, 5.74) is 0.946. The van der Waals surface area contributed by atoms with E-state index in [-0.39, 0.29) is 28.6 Å². The number of Topliss-reactive ketones (excluding diaryl/α,β-unsaturated/α-hetero) is 1. The smallest absolute Gasteiger partial charge is 0.257 e. The van der Waals surface area contributed by atoms with Gasteiger partial charge in [0.2, 0.25) is 5.78 Å². The first-order chi connectivity index (χ1) is 13.8. The summed E-state index contributed by atoms with van der Waals surface area (Å²) >= 11 is 0. The van der Waals surface area contributed by atoms with Gasteiger partial charge in [0.25, 0.3) is 5.91 Å². The second-order valence-electron chi connectivity index (χ2n) is 5.82. The van der Waals surface area contributed by atoms with Crippen LogP contribution in [0.3, 0.4) is 0 Å². The Balaban J connectivity index is 0. The molecule has 1 unspecified atom stereocenters. The van der Waals surface area contributed by atoms with Crippen LogP contribution in [-0.2, 0) is 4.79 Å². The lowest BCUT2D eigenvalue weighted by Gasteiger charge is -2.29. The first-order valence-electron chi connectivity index (χ1n) is 9.64. The number of para-hydroxylation sites is 1. The number of carbonyl (C=O) groups excluding carboxylic acids is 2. The van der Waals surface area contributed by atoms with Crippen molar-refractivity contribution >= 4 is 17.4 Å². The molecule has 0 aliphatic heterocycles. The van der Waals surface area contributed by atoms with Crippen LogP contribution in [0.4, 0.5) is 5.69 Å². The van der Waals surface area contributed by atoms with Crippen molar-refractivity contribution in [3.05, 3.63) is 35.2 Å². The van der Waals surface area contributed by atoms with Gasteiger partial charge in [0, 0.05) is 20.6 Å². The Morgan fingerprint density at radius 3 is 2.14 bits per heavy atom. The van der Waals surface area contributed by atoms with Gasteiger partial charge < -0.3 is 25.7 Å². The van der Waals surface area contributed by atoms with Gasteiger partial charge in [-0.05, 0) is 19.1 Å². The van der Waals surface area contributed by atoms with Crippen molar-refractivity contribution in [3.8, 4) is 18.6 Å². The summed E-state index contributed by atoms with van der Waals surface area (Å²) in [4.78, 5) is 25.0. The van der Waals surface area contributed by atoms with Crippen LogP contribution in [0.15, 0.2) is 29.6 Å². The lowest BCUT2D eigenvalue weighted by Crippen LogP contribution is -2.45. The van der Waals surface area contributed by atoms with Gasteiger partial charge in [-0.2, -0.15) is 0 Å². The zero-order valence-corrected chi connectivity index (χ0v) is 18.5. The first kappa shape index (κ1) is 28.2. The van der Waals surface area contributed by atoms with E-state index in [9.17, 15) is 19.8 Å². The topological polar surface area (TPSA) is 102 Å². The van der Waals surface area contributed by atoms with E-state index in [1.807, 2.05) is 20.8 Å². The molecule has 0 radical (unpaired) electrons. The molecule has 1 amide bonds. The van der Waals surface area contributed by atoms with Crippen molar-refractivity contribution in [2.45, 2.75) is 47.1 Å². The molecule has 1 aromatic rings. The minimum Gasteiger partial charge on any atom is -0.505 e. The monoisotopic (exact) mass is 405 g/mol. The Hall–Kier alpha value is -2.98. The number of aliphatic hydroxyl groups excluding tert-OH is 1. The van der Waals surface area contributed by atoms with Gasteiger partial charge in [0.15, 0.2) is 11.9 Å². The van der Waals surface area contributed by atoms with E-state index in [4.69, 9.17) is 0 Å². The highest BCUT2D eigenvalue weighted by Crippen LogP contribution is 2.32. The van der Waals surface area contributed by atoms with Crippen LogP contribution in [-0.4, -0.2) is 53.5 Å². The number of phenols is 1. The van der Waals surface area contributed by atoms with Crippen LogP contribution < -0.4 is 10.6 Å². The van der Waals surface area contributed by atoms with Gasteiger partial charge in [0.05, 0.1) is 16.9 Å². The van der Waals surface area contributed by atoms with Crippen LogP contribution >= 0.6 is 0 Å². The number of likely N-dealkylation sites (N-methyl/N-ethyl adjacent to an activating group) is 1. The molecule has 0 spiro atoms. The molecule has 2 rings (SSSR count). The van der Waals surface area contributed by atoms with E-state index >= 15 is 0 Å². The summed E-state index contributed by atoms with van der Waals surface area (Å²) in [5.74, 6) is -1.04. The number of rotatable bonds is 5. The maximum absolute atomic E-state index is 12.0. The highest BCUT2D eigenvalue weighted by atomic mass is 16.3. The van der Waals surface area contributed by atoms with E-state index in [2.05, 4.69) is 37.3 Å². The van der Waals surface area contributed by atoms with Gasteiger partial charge in [0.1, 0.15) is 5.70 Å². The van der Waals surface area contributed by atoms with Crippen molar-refractivity contribution in [1.82, 2.24) is 10.2 Å². The summed E-state index contributed by atoms with van der Waals surface area (Å²) in [5, 5.41) is 25.5. The maximum Gasteiger partial charge on any atom is 0.257 e. The fraction of sp³-hybridized carbons (Fsp3) is 0.455. The number of amides is 1. The summed E-state index contributed by atoms with van der Waals surface area (Å²) < 4.78 is 0. The first-order valence-corrected chi connectivity index (χ1v) is 9.64. The van der Waals surface area contributed by atoms with Crippen LogP contribution in [0, 0.1) is 12.8 Å². The molecule has 0 heterocycles. The molecule has 29 heavy (non-hydrogen) atoms. The molecule has 1 atom stereocenters. The predicted molar refractivity (Wildman–Crippen MR) is 119 cm³/mol. The molecular weight excluding hydrogens is 370 g/mol. The fourth-order valence-corrected chi connectivity index (χ4v) is 2.16. The highest BCUT2D eigenvalue weighted by molar-refractivity contribution is 6.11.